The molecule has 0 saturated carbocycles. The number of carbonyl (C=O) groups is 1. The Hall–Kier alpha value is -1.26. The monoisotopic (exact) mass is 324 g/mol. The van der Waals surface area contributed by atoms with Gasteiger partial charge < -0.3 is 10.1 Å². The molecule has 1 aliphatic rings. The Balaban J connectivity index is 1.71. The smallest absolute Gasteiger partial charge is 0.224 e. The van der Waals surface area contributed by atoms with Gasteiger partial charge in [0.15, 0.2) is 0 Å². The van der Waals surface area contributed by atoms with Gasteiger partial charge in [-0.25, -0.2) is 0 Å². The van der Waals surface area contributed by atoms with Crippen LogP contribution in [0, 0.1) is 5.92 Å². The summed E-state index contributed by atoms with van der Waals surface area (Å²) >= 11 is 5.85. The first-order valence-corrected chi connectivity index (χ1v) is 8.45. The summed E-state index contributed by atoms with van der Waals surface area (Å²) in [7, 11) is 0. The average Bonchev–Trinajstić information content (AvgIpc) is 2.55. The maximum Gasteiger partial charge on any atom is 0.224 e. The second-order valence-electron chi connectivity index (χ2n) is 5.73. The summed E-state index contributed by atoms with van der Waals surface area (Å²) in [4.78, 5) is 14.4. The lowest BCUT2D eigenvalue weighted by Gasteiger charge is -2.31. The molecule has 22 heavy (non-hydrogen) atoms. The number of benzene rings is 1. The maximum absolute atomic E-state index is 12.0. The molecule has 0 bridgehead atoms. The van der Waals surface area contributed by atoms with E-state index < -0.39 is 0 Å². The molecule has 4 nitrogen and oxygen atoms in total. The van der Waals surface area contributed by atoms with E-state index in [-0.39, 0.29) is 11.8 Å². The largest absolute Gasteiger partial charge is 0.492 e. The van der Waals surface area contributed by atoms with Crippen LogP contribution in [0.5, 0.6) is 5.75 Å². The highest BCUT2D eigenvalue weighted by atomic mass is 35.5. The number of hydrogen-bond donors (Lipinski definition) is 1. The van der Waals surface area contributed by atoms with E-state index in [1.807, 2.05) is 24.3 Å². The summed E-state index contributed by atoms with van der Waals surface area (Å²) in [6.45, 7) is 6.20. The Morgan fingerprint density at radius 3 is 2.91 bits per heavy atom. The Labute approximate surface area is 137 Å². The highest BCUT2D eigenvalue weighted by molar-refractivity contribution is 6.30. The first kappa shape index (κ1) is 17.1. The molecular weight excluding hydrogens is 300 g/mol. The quantitative estimate of drug-likeness (QED) is 0.838. The molecule has 0 aromatic heterocycles. The van der Waals surface area contributed by atoms with E-state index in [2.05, 4.69) is 17.1 Å². The topological polar surface area (TPSA) is 41.6 Å². The van der Waals surface area contributed by atoms with Crippen LogP contribution in [0.1, 0.15) is 26.2 Å². The third-order valence-corrected chi connectivity index (χ3v) is 4.17. The van der Waals surface area contributed by atoms with Crippen molar-refractivity contribution in [1.82, 2.24) is 10.2 Å². The lowest BCUT2D eigenvalue weighted by atomic mass is 9.97. The van der Waals surface area contributed by atoms with Crippen LogP contribution < -0.4 is 10.1 Å². The molecule has 1 N–H and O–H groups in total. The van der Waals surface area contributed by atoms with Crippen molar-refractivity contribution in [2.75, 3.05) is 32.8 Å². The second kappa shape index (κ2) is 9.01. The summed E-state index contributed by atoms with van der Waals surface area (Å²) in [5, 5.41) is 3.71. The fourth-order valence-electron chi connectivity index (χ4n) is 2.69. The zero-order valence-corrected chi connectivity index (χ0v) is 13.9. The minimum atomic E-state index is 0.121. The van der Waals surface area contributed by atoms with Gasteiger partial charge in [0.25, 0.3) is 0 Å². The number of nitrogens with zero attached hydrogens (tertiary/aromatic N) is 1. The molecule has 1 amide bonds. The highest BCUT2D eigenvalue weighted by Crippen LogP contribution is 2.18. The summed E-state index contributed by atoms with van der Waals surface area (Å²) in [5.74, 6) is 1.15. The first-order chi connectivity index (χ1) is 10.7. The minimum Gasteiger partial charge on any atom is -0.492 e. The van der Waals surface area contributed by atoms with Gasteiger partial charge in [-0.1, -0.05) is 18.5 Å². The average molecular weight is 325 g/mol. The first-order valence-electron chi connectivity index (χ1n) is 8.07. The van der Waals surface area contributed by atoms with Gasteiger partial charge >= 0.3 is 0 Å². The Kier molecular flexibility index (Phi) is 7.00. The lowest BCUT2D eigenvalue weighted by Crippen LogP contribution is -2.44. The van der Waals surface area contributed by atoms with Crippen molar-refractivity contribution in [3.05, 3.63) is 29.3 Å². The van der Waals surface area contributed by atoms with E-state index in [4.69, 9.17) is 16.3 Å². The number of amides is 1. The summed E-state index contributed by atoms with van der Waals surface area (Å²) in [5.41, 5.74) is 0. The molecule has 1 aromatic carbocycles. The fourth-order valence-corrected chi connectivity index (χ4v) is 2.81. The number of rotatable bonds is 7. The SMILES string of the molecule is CCCNC(=O)C1CCCN(CCOc2ccc(Cl)cc2)C1. The van der Waals surface area contributed by atoms with E-state index in [9.17, 15) is 4.79 Å². The molecule has 1 aliphatic heterocycles. The Morgan fingerprint density at radius 2 is 2.18 bits per heavy atom. The van der Waals surface area contributed by atoms with Gasteiger partial charge in [-0.2, -0.15) is 0 Å². The van der Waals surface area contributed by atoms with Crippen molar-refractivity contribution in [2.45, 2.75) is 26.2 Å². The van der Waals surface area contributed by atoms with Gasteiger partial charge in [-0.3, -0.25) is 9.69 Å². The molecule has 0 spiro atoms. The van der Waals surface area contributed by atoms with Crippen molar-refractivity contribution >= 4 is 17.5 Å². The van der Waals surface area contributed by atoms with E-state index in [0.29, 0.717) is 11.6 Å². The van der Waals surface area contributed by atoms with Gasteiger partial charge in [0.2, 0.25) is 5.91 Å². The van der Waals surface area contributed by atoms with Crippen LogP contribution >= 0.6 is 11.6 Å². The number of likely N-dealkylation sites (tertiary alicyclic amines) is 1. The normalized spacial score (nSPS) is 18.9. The lowest BCUT2D eigenvalue weighted by molar-refractivity contribution is -0.126. The van der Waals surface area contributed by atoms with Crippen LogP contribution in [-0.2, 0) is 4.79 Å². The number of piperidine rings is 1. The third-order valence-electron chi connectivity index (χ3n) is 3.92. The van der Waals surface area contributed by atoms with Crippen molar-refractivity contribution in [1.29, 1.82) is 0 Å². The zero-order chi connectivity index (χ0) is 15.8. The van der Waals surface area contributed by atoms with Crippen LogP contribution in [0.15, 0.2) is 24.3 Å². The maximum atomic E-state index is 12.0. The van der Waals surface area contributed by atoms with Gasteiger partial charge in [0, 0.05) is 24.7 Å². The van der Waals surface area contributed by atoms with Gasteiger partial charge in [0.05, 0.1) is 5.92 Å². The van der Waals surface area contributed by atoms with Crippen molar-refractivity contribution in [2.24, 2.45) is 5.92 Å². The number of hydrogen-bond acceptors (Lipinski definition) is 3. The molecule has 1 aromatic rings. The molecule has 1 fully saturated rings. The van der Waals surface area contributed by atoms with Crippen molar-refractivity contribution in [3.8, 4) is 5.75 Å². The molecule has 0 aliphatic carbocycles. The molecule has 5 heteroatoms. The van der Waals surface area contributed by atoms with Crippen molar-refractivity contribution in [3.63, 3.8) is 0 Å². The van der Waals surface area contributed by atoms with Crippen molar-refractivity contribution < 1.29 is 9.53 Å². The van der Waals surface area contributed by atoms with E-state index in [0.717, 1.165) is 51.2 Å². The molecule has 1 saturated heterocycles. The third kappa shape index (κ3) is 5.50. The Bertz CT molecular complexity index is 464. The molecule has 0 radical (unpaired) electrons. The highest BCUT2D eigenvalue weighted by Gasteiger charge is 2.25. The molecular formula is C17H25ClN2O2. The molecule has 1 heterocycles. The summed E-state index contributed by atoms with van der Waals surface area (Å²) in [6.07, 6.45) is 3.05. The number of halogens is 1. The van der Waals surface area contributed by atoms with E-state index in [1.54, 1.807) is 0 Å². The van der Waals surface area contributed by atoms with Crippen LogP contribution in [0.4, 0.5) is 0 Å². The molecule has 1 unspecified atom stereocenters. The molecule has 122 valence electrons. The molecule has 1 atom stereocenters. The Morgan fingerprint density at radius 1 is 1.41 bits per heavy atom. The summed E-state index contributed by atoms with van der Waals surface area (Å²) in [6, 6.07) is 7.40. The number of ether oxygens (including phenoxy) is 1. The van der Waals surface area contributed by atoms with Gasteiger partial charge in [-0.15, -0.1) is 0 Å². The van der Waals surface area contributed by atoms with E-state index in [1.165, 1.54) is 0 Å². The van der Waals surface area contributed by atoms with Gasteiger partial charge in [-0.05, 0) is 50.1 Å². The molecule has 2 rings (SSSR count). The van der Waals surface area contributed by atoms with Crippen LogP contribution in [-0.4, -0.2) is 43.6 Å². The predicted molar refractivity (Wildman–Crippen MR) is 89.4 cm³/mol. The van der Waals surface area contributed by atoms with Crippen LogP contribution in [0.2, 0.25) is 5.02 Å². The standard InChI is InChI=1S/C17H25ClN2O2/c1-2-9-19-17(21)14-4-3-10-20(13-14)11-12-22-16-7-5-15(18)6-8-16/h5-8,14H,2-4,9-13H2,1H3,(H,19,21). The zero-order valence-electron chi connectivity index (χ0n) is 13.2. The summed E-state index contributed by atoms with van der Waals surface area (Å²) < 4.78 is 5.72. The number of nitrogens with one attached hydrogen (secondary N) is 1. The van der Waals surface area contributed by atoms with Crippen LogP contribution in [0.25, 0.3) is 0 Å². The van der Waals surface area contributed by atoms with Crippen LogP contribution in [0.3, 0.4) is 0 Å². The van der Waals surface area contributed by atoms with Gasteiger partial charge in [0.1, 0.15) is 12.4 Å². The van der Waals surface area contributed by atoms with E-state index >= 15 is 0 Å². The number of carbonyl (C=O) groups excluding carboxylic acids is 1. The second-order valence-corrected chi connectivity index (χ2v) is 6.17. The minimum absolute atomic E-state index is 0.121. The fraction of sp³-hybridized carbons (Fsp3) is 0.588. The predicted octanol–water partition coefficient (Wildman–Crippen LogP) is 2.96.